The summed E-state index contributed by atoms with van der Waals surface area (Å²) in [5.74, 6) is 1.36. The Balaban J connectivity index is 2.08. The summed E-state index contributed by atoms with van der Waals surface area (Å²) in [5, 5.41) is 7.17. The highest BCUT2D eigenvalue weighted by molar-refractivity contribution is 5.34. The highest BCUT2D eigenvalue weighted by atomic mass is 16.5. The van der Waals surface area contributed by atoms with Crippen LogP contribution in [0.5, 0.6) is 11.8 Å². The molecule has 0 spiro atoms. The predicted octanol–water partition coefficient (Wildman–Crippen LogP) is 0.839. The molecule has 0 saturated carbocycles. The van der Waals surface area contributed by atoms with Crippen molar-refractivity contribution in [3.05, 3.63) is 24.0 Å². The quantitative estimate of drug-likeness (QED) is 0.846. The van der Waals surface area contributed by atoms with Crippen molar-refractivity contribution >= 4 is 5.95 Å². The van der Waals surface area contributed by atoms with Gasteiger partial charge in [0.1, 0.15) is 0 Å². The summed E-state index contributed by atoms with van der Waals surface area (Å²) in [4.78, 5) is 8.34. The number of methoxy groups -OCH3 is 2. The van der Waals surface area contributed by atoms with Crippen molar-refractivity contribution in [3.63, 3.8) is 0 Å². The number of aryl methyl sites for hydroxylation is 1. The molecule has 0 atom stereocenters. The normalized spacial score (nSPS) is 10.2. The standard InChI is InChI=1S/C11H15N5O2/c1-16-7-8(6-13-16)5-12-11-14-9(17-2)4-10(15-11)18-3/h4,6-7H,5H2,1-3H3,(H,12,14,15). The first-order valence-electron chi connectivity index (χ1n) is 5.39. The molecule has 0 bridgehead atoms. The van der Waals surface area contributed by atoms with Gasteiger partial charge in [0, 0.05) is 25.4 Å². The van der Waals surface area contributed by atoms with Crippen LogP contribution < -0.4 is 14.8 Å². The minimum atomic E-state index is 0.454. The largest absolute Gasteiger partial charge is 0.481 e. The summed E-state index contributed by atoms with van der Waals surface area (Å²) in [6, 6.07) is 1.62. The summed E-state index contributed by atoms with van der Waals surface area (Å²) in [6.07, 6.45) is 3.70. The second-order valence-electron chi connectivity index (χ2n) is 3.65. The van der Waals surface area contributed by atoms with E-state index >= 15 is 0 Å². The van der Waals surface area contributed by atoms with Crippen LogP contribution in [0.15, 0.2) is 18.5 Å². The second-order valence-corrected chi connectivity index (χ2v) is 3.65. The first-order chi connectivity index (χ1) is 8.71. The van der Waals surface area contributed by atoms with Gasteiger partial charge in [-0.15, -0.1) is 0 Å². The fraction of sp³-hybridized carbons (Fsp3) is 0.364. The zero-order valence-corrected chi connectivity index (χ0v) is 10.5. The molecule has 7 heteroatoms. The smallest absolute Gasteiger partial charge is 0.229 e. The van der Waals surface area contributed by atoms with Crippen LogP contribution in [0.2, 0.25) is 0 Å². The molecule has 2 aromatic rings. The van der Waals surface area contributed by atoms with Crippen LogP contribution in [0.1, 0.15) is 5.56 Å². The number of aromatic nitrogens is 4. The zero-order valence-electron chi connectivity index (χ0n) is 10.5. The van der Waals surface area contributed by atoms with Gasteiger partial charge < -0.3 is 14.8 Å². The molecule has 0 fully saturated rings. The molecule has 18 heavy (non-hydrogen) atoms. The Labute approximate surface area is 105 Å². The molecule has 2 aromatic heterocycles. The van der Waals surface area contributed by atoms with Crippen molar-refractivity contribution in [2.75, 3.05) is 19.5 Å². The highest BCUT2D eigenvalue weighted by Crippen LogP contribution is 2.17. The van der Waals surface area contributed by atoms with E-state index in [0.29, 0.717) is 24.3 Å². The first-order valence-corrected chi connectivity index (χ1v) is 5.39. The first kappa shape index (κ1) is 12.2. The van der Waals surface area contributed by atoms with Gasteiger partial charge in [0.2, 0.25) is 17.7 Å². The lowest BCUT2D eigenvalue weighted by Crippen LogP contribution is -2.05. The second kappa shape index (κ2) is 5.35. The van der Waals surface area contributed by atoms with Crippen LogP contribution in [0.25, 0.3) is 0 Å². The van der Waals surface area contributed by atoms with Gasteiger partial charge in [-0.1, -0.05) is 0 Å². The lowest BCUT2D eigenvalue weighted by Gasteiger charge is -2.07. The number of hydrogen-bond donors (Lipinski definition) is 1. The number of ether oxygens (including phenoxy) is 2. The maximum absolute atomic E-state index is 5.07. The van der Waals surface area contributed by atoms with Gasteiger partial charge >= 0.3 is 0 Å². The lowest BCUT2D eigenvalue weighted by atomic mass is 10.4. The fourth-order valence-electron chi connectivity index (χ4n) is 1.44. The summed E-state index contributed by atoms with van der Waals surface area (Å²) in [5.41, 5.74) is 1.04. The van der Waals surface area contributed by atoms with Crippen molar-refractivity contribution in [2.24, 2.45) is 7.05 Å². The Kier molecular flexibility index (Phi) is 3.61. The molecule has 96 valence electrons. The van der Waals surface area contributed by atoms with E-state index in [1.165, 1.54) is 0 Å². The molecule has 0 radical (unpaired) electrons. The van der Waals surface area contributed by atoms with Crippen LogP contribution in [-0.4, -0.2) is 34.0 Å². The minimum absolute atomic E-state index is 0.454. The number of nitrogens with one attached hydrogen (secondary N) is 1. The lowest BCUT2D eigenvalue weighted by molar-refractivity contribution is 0.373. The van der Waals surface area contributed by atoms with Gasteiger partial charge in [0.25, 0.3) is 0 Å². The van der Waals surface area contributed by atoms with E-state index in [4.69, 9.17) is 9.47 Å². The number of nitrogens with zero attached hydrogens (tertiary/aromatic N) is 4. The van der Waals surface area contributed by atoms with E-state index in [1.807, 2.05) is 13.2 Å². The summed E-state index contributed by atoms with van der Waals surface area (Å²) < 4.78 is 11.9. The Bertz CT molecular complexity index is 504. The molecule has 0 amide bonds. The molecule has 0 aliphatic heterocycles. The number of rotatable bonds is 5. The van der Waals surface area contributed by atoms with Gasteiger partial charge in [-0.05, 0) is 0 Å². The van der Waals surface area contributed by atoms with Crippen molar-refractivity contribution < 1.29 is 9.47 Å². The van der Waals surface area contributed by atoms with Gasteiger partial charge in [-0.25, -0.2) is 0 Å². The van der Waals surface area contributed by atoms with E-state index in [-0.39, 0.29) is 0 Å². The maximum Gasteiger partial charge on any atom is 0.229 e. The molecule has 7 nitrogen and oxygen atoms in total. The summed E-state index contributed by atoms with van der Waals surface area (Å²) >= 11 is 0. The SMILES string of the molecule is COc1cc(OC)nc(NCc2cnn(C)c2)n1. The van der Waals surface area contributed by atoms with E-state index in [1.54, 1.807) is 31.2 Å². The minimum Gasteiger partial charge on any atom is -0.481 e. The summed E-state index contributed by atoms with van der Waals surface area (Å²) in [6.45, 7) is 0.587. The van der Waals surface area contributed by atoms with Gasteiger partial charge in [0.05, 0.1) is 26.5 Å². The monoisotopic (exact) mass is 249 g/mol. The third kappa shape index (κ3) is 2.88. The van der Waals surface area contributed by atoms with Crippen molar-refractivity contribution in [1.29, 1.82) is 0 Å². The van der Waals surface area contributed by atoms with Crippen LogP contribution in [0, 0.1) is 0 Å². The molecule has 2 rings (SSSR count). The predicted molar refractivity (Wildman–Crippen MR) is 65.7 cm³/mol. The molecule has 2 heterocycles. The third-order valence-corrected chi connectivity index (χ3v) is 2.31. The number of hydrogen-bond acceptors (Lipinski definition) is 6. The highest BCUT2D eigenvalue weighted by Gasteiger charge is 2.05. The Morgan fingerprint density at radius 3 is 2.39 bits per heavy atom. The molecule has 0 unspecified atom stereocenters. The van der Waals surface area contributed by atoms with Gasteiger partial charge in [-0.3, -0.25) is 4.68 Å². The molecule has 0 aliphatic carbocycles. The van der Waals surface area contributed by atoms with Crippen LogP contribution >= 0.6 is 0 Å². The topological polar surface area (TPSA) is 74.1 Å². The van der Waals surface area contributed by atoms with Crippen LogP contribution in [-0.2, 0) is 13.6 Å². The van der Waals surface area contributed by atoms with E-state index in [9.17, 15) is 0 Å². The maximum atomic E-state index is 5.07. The molecule has 0 aliphatic rings. The average molecular weight is 249 g/mol. The van der Waals surface area contributed by atoms with Crippen molar-refractivity contribution in [2.45, 2.75) is 6.54 Å². The fourth-order valence-corrected chi connectivity index (χ4v) is 1.44. The van der Waals surface area contributed by atoms with Gasteiger partial charge in [-0.2, -0.15) is 15.1 Å². The van der Waals surface area contributed by atoms with Crippen molar-refractivity contribution in [1.82, 2.24) is 19.7 Å². The number of anilines is 1. The Hall–Kier alpha value is -2.31. The zero-order chi connectivity index (χ0) is 13.0. The van der Waals surface area contributed by atoms with Crippen LogP contribution in [0.4, 0.5) is 5.95 Å². The average Bonchev–Trinajstić information content (AvgIpc) is 2.81. The Morgan fingerprint density at radius 1 is 1.22 bits per heavy atom. The van der Waals surface area contributed by atoms with Crippen molar-refractivity contribution in [3.8, 4) is 11.8 Å². The molecular weight excluding hydrogens is 234 g/mol. The third-order valence-electron chi connectivity index (χ3n) is 2.31. The van der Waals surface area contributed by atoms with E-state index in [2.05, 4.69) is 20.4 Å². The van der Waals surface area contributed by atoms with Crippen LogP contribution in [0.3, 0.4) is 0 Å². The molecule has 0 aromatic carbocycles. The van der Waals surface area contributed by atoms with E-state index < -0.39 is 0 Å². The van der Waals surface area contributed by atoms with E-state index in [0.717, 1.165) is 5.56 Å². The molecule has 0 saturated heterocycles. The Morgan fingerprint density at radius 2 is 1.89 bits per heavy atom. The summed E-state index contributed by atoms with van der Waals surface area (Å²) in [7, 11) is 4.97. The molecule has 1 N–H and O–H groups in total. The van der Waals surface area contributed by atoms with Gasteiger partial charge in [0.15, 0.2) is 0 Å². The molecular formula is C11H15N5O2.